The van der Waals surface area contributed by atoms with E-state index >= 15 is 0 Å². The molecule has 2 aromatic carbocycles. The van der Waals surface area contributed by atoms with E-state index in [4.69, 9.17) is 0 Å². The molecule has 1 amide bonds. The van der Waals surface area contributed by atoms with Crippen molar-refractivity contribution < 1.29 is 9.72 Å². The van der Waals surface area contributed by atoms with Crippen LogP contribution in [-0.4, -0.2) is 23.6 Å². The molecular weight excluding hydrogens is 423 g/mol. The van der Waals surface area contributed by atoms with Gasteiger partial charge < -0.3 is 5.32 Å². The minimum atomic E-state index is -0.483. The lowest BCUT2D eigenvalue weighted by Gasteiger charge is -2.07. The summed E-state index contributed by atoms with van der Waals surface area (Å²) in [4.78, 5) is 21.9. The van der Waals surface area contributed by atoms with E-state index in [0.29, 0.717) is 5.56 Å². The summed E-state index contributed by atoms with van der Waals surface area (Å²) in [6.45, 7) is 2.07. The van der Waals surface area contributed by atoms with Gasteiger partial charge in [-0.3, -0.25) is 14.9 Å². The SMILES string of the molecule is Cc1cc(NCC(=O)NN=Cc2cccc([N+](=O)[O-])c2)ccc1I. The number of nitro groups is 1. The summed E-state index contributed by atoms with van der Waals surface area (Å²) in [6.07, 6.45) is 1.36. The first-order valence-corrected chi connectivity index (χ1v) is 8.10. The second kappa shape index (κ2) is 8.39. The highest BCUT2D eigenvalue weighted by molar-refractivity contribution is 14.1. The van der Waals surface area contributed by atoms with Crippen molar-refractivity contribution in [2.75, 3.05) is 11.9 Å². The Morgan fingerprint density at radius 1 is 1.33 bits per heavy atom. The fourth-order valence-corrected chi connectivity index (χ4v) is 2.21. The molecule has 0 aliphatic heterocycles. The van der Waals surface area contributed by atoms with Gasteiger partial charge in [0.15, 0.2) is 0 Å². The Bertz CT molecular complexity index is 793. The minimum Gasteiger partial charge on any atom is -0.376 e. The van der Waals surface area contributed by atoms with Crippen LogP contribution in [0.25, 0.3) is 0 Å². The maximum absolute atomic E-state index is 11.7. The molecule has 0 aliphatic rings. The topological polar surface area (TPSA) is 96.6 Å². The molecule has 7 nitrogen and oxygen atoms in total. The highest BCUT2D eigenvalue weighted by Gasteiger charge is 2.04. The highest BCUT2D eigenvalue weighted by atomic mass is 127. The zero-order chi connectivity index (χ0) is 17.5. The molecule has 0 saturated carbocycles. The Balaban J connectivity index is 1.85. The number of hydrogen-bond donors (Lipinski definition) is 2. The second-order valence-electron chi connectivity index (χ2n) is 4.96. The molecule has 0 fully saturated rings. The van der Waals surface area contributed by atoms with Gasteiger partial charge in [0.1, 0.15) is 0 Å². The Hall–Kier alpha value is -2.49. The van der Waals surface area contributed by atoms with Gasteiger partial charge in [-0.25, -0.2) is 5.43 Å². The molecule has 0 bridgehead atoms. The van der Waals surface area contributed by atoms with Gasteiger partial charge in [-0.2, -0.15) is 5.10 Å². The quantitative estimate of drug-likeness (QED) is 0.314. The van der Waals surface area contributed by atoms with E-state index < -0.39 is 4.92 Å². The Labute approximate surface area is 152 Å². The smallest absolute Gasteiger partial charge is 0.270 e. The summed E-state index contributed by atoms with van der Waals surface area (Å²) in [5, 5.41) is 17.5. The van der Waals surface area contributed by atoms with Crippen LogP contribution in [0.2, 0.25) is 0 Å². The molecule has 2 rings (SSSR count). The van der Waals surface area contributed by atoms with Crippen molar-refractivity contribution in [3.05, 3.63) is 67.3 Å². The number of rotatable bonds is 6. The van der Waals surface area contributed by atoms with Crippen LogP contribution in [0.5, 0.6) is 0 Å². The lowest BCUT2D eigenvalue weighted by atomic mass is 10.2. The van der Waals surface area contributed by atoms with Crippen LogP contribution in [0.1, 0.15) is 11.1 Å². The number of aryl methyl sites for hydroxylation is 1. The Morgan fingerprint density at radius 2 is 2.12 bits per heavy atom. The number of carbonyl (C=O) groups is 1. The van der Waals surface area contributed by atoms with Gasteiger partial charge in [-0.05, 0) is 53.3 Å². The summed E-state index contributed by atoms with van der Waals surface area (Å²) >= 11 is 2.24. The number of nitrogens with zero attached hydrogens (tertiary/aromatic N) is 2. The van der Waals surface area contributed by atoms with Gasteiger partial charge in [-0.15, -0.1) is 0 Å². The molecule has 2 N–H and O–H groups in total. The molecule has 0 unspecified atom stereocenters. The van der Waals surface area contributed by atoms with Crippen molar-refractivity contribution in [3.63, 3.8) is 0 Å². The molecule has 0 heterocycles. The number of non-ortho nitro benzene ring substituents is 1. The molecule has 0 saturated heterocycles. The predicted octanol–water partition coefficient (Wildman–Crippen LogP) is 3.07. The predicted molar refractivity (Wildman–Crippen MR) is 101 cm³/mol. The first-order valence-electron chi connectivity index (χ1n) is 7.02. The molecule has 0 radical (unpaired) electrons. The number of halogens is 1. The fraction of sp³-hybridized carbons (Fsp3) is 0.125. The highest BCUT2D eigenvalue weighted by Crippen LogP contribution is 2.16. The summed E-state index contributed by atoms with van der Waals surface area (Å²) < 4.78 is 1.16. The van der Waals surface area contributed by atoms with Gasteiger partial charge in [0, 0.05) is 27.0 Å². The van der Waals surface area contributed by atoms with Crippen LogP contribution in [0.3, 0.4) is 0 Å². The third-order valence-electron chi connectivity index (χ3n) is 3.09. The number of amides is 1. The van der Waals surface area contributed by atoms with E-state index in [-0.39, 0.29) is 18.1 Å². The van der Waals surface area contributed by atoms with E-state index in [0.717, 1.165) is 14.8 Å². The zero-order valence-corrected chi connectivity index (χ0v) is 15.0. The van der Waals surface area contributed by atoms with E-state index in [2.05, 4.69) is 38.4 Å². The van der Waals surface area contributed by atoms with Gasteiger partial charge >= 0.3 is 0 Å². The number of anilines is 1. The normalized spacial score (nSPS) is 10.6. The molecule has 0 aromatic heterocycles. The maximum atomic E-state index is 11.7. The molecular formula is C16H15IN4O3. The third kappa shape index (κ3) is 5.30. The van der Waals surface area contributed by atoms with Crippen molar-refractivity contribution in [3.8, 4) is 0 Å². The minimum absolute atomic E-state index is 0.0268. The number of nitrogens with one attached hydrogen (secondary N) is 2. The van der Waals surface area contributed by atoms with Gasteiger partial charge in [-0.1, -0.05) is 12.1 Å². The summed E-state index contributed by atoms with van der Waals surface area (Å²) in [6, 6.07) is 11.8. The van der Waals surface area contributed by atoms with Crippen LogP contribution in [-0.2, 0) is 4.79 Å². The largest absolute Gasteiger partial charge is 0.376 e. The molecule has 24 heavy (non-hydrogen) atoms. The monoisotopic (exact) mass is 438 g/mol. The number of benzene rings is 2. The molecule has 2 aromatic rings. The number of nitro benzene ring substituents is 1. The molecule has 124 valence electrons. The van der Waals surface area contributed by atoms with Gasteiger partial charge in [0.25, 0.3) is 11.6 Å². The van der Waals surface area contributed by atoms with Crippen molar-refractivity contribution in [2.45, 2.75) is 6.92 Å². The van der Waals surface area contributed by atoms with Crippen LogP contribution in [0.15, 0.2) is 47.6 Å². The van der Waals surface area contributed by atoms with Crippen molar-refractivity contribution in [2.24, 2.45) is 5.10 Å². The van der Waals surface area contributed by atoms with Crippen LogP contribution < -0.4 is 10.7 Å². The zero-order valence-electron chi connectivity index (χ0n) is 12.8. The third-order valence-corrected chi connectivity index (χ3v) is 4.31. The number of hydrazone groups is 1. The fourth-order valence-electron chi connectivity index (χ4n) is 1.87. The first-order chi connectivity index (χ1) is 11.5. The molecule has 8 heteroatoms. The van der Waals surface area contributed by atoms with Gasteiger partial charge in [0.05, 0.1) is 17.7 Å². The summed E-state index contributed by atoms with van der Waals surface area (Å²) in [5.41, 5.74) is 4.86. The molecule has 0 atom stereocenters. The van der Waals surface area contributed by atoms with Crippen LogP contribution >= 0.6 is 22.6 Å². The summed E-state index contributed by atoms with van der Waals surface area (Å²) in [7, 11) is 0. The second-order valence-corrected chi connectivity index (χ2v) is 6.12. The lowest BCUT2D eigenvalue weighted by molar-refractivity contribution is -0.384. The average molecular weight is 438 g/mol. The van der Waals surface area contributed by atoms with E-state index in [1.54, 1.807) is 12.1 Å². The van der Waals surface area contributed by atoms with E-state index in [1.807, 2.05) is 25.1 Å². The average Bonchev–Trinajstić information content (AvgIpc) is 2.56. The van der Waals surface area contributed by atoms with Crippen LogP contribution in [0, 0.1) is 20.6 Å². The Morgan fingerprint density at radius 3 is 2.83 bits per heavy atom. The standard InChI is InChI=1S/C16H15IN4O3/c1-11-7-13(5-6-15(11)17)18-10-16(22)20-19-9-12-3-2-4-14(8-12)21(23)24/h2-9,18H,10H2,1H3,(H,20,22). The van der Waals surface area contributed by atoms with Crippen molar-refractivity contribution >= 4 is 46.1 Å². The number of carbonyl (C=O) groups excluding carboxylic acids is 1. The van der Waals surface area contributed by atoms with Crippen molar-refractivity contribution in [1.82, 2.24) is 5.43 Å². The lowest BCUT2D eigenvalue weighted by Crippen LogP contribution is -2.25. The first kappa shape index (κ1) is 17.9. The van der Waals surface area contributed by atoms with Gasteiger partial charge in [0.2, 0.25) is 0 Å². The van der Waals surface area contributed by atoms with Crippen LogP contribution in [0.4, 0.5) is 11.4 Å². The summed E-state index contributed by atoms with van der Waals surface area (Å²) in [5.74, 6) is -0.312. The Kier molecular flexibility index (Phi) is 6.24. The van der Waals surface area contributed by atoms with Crippen molar-refractivity contribution in [1.29, 1.82) is 0 Å². The number of hydrogen-bond acceptors (Lipinski definition) is 5. The molecule has 0 aliphatic carbocycles. The molecule has 0 spiro atoms. The van der Waals surface area contributed by atoms with E-state index in [9.17, 15) is 14.9 Å². The van der Waals surface area contributed by atoms with E-state index in [1.165, 1.54) is 18.3 Å². The maximum Gasteiger partial charge on any atom is 0.270 e.